The van der Waals surface area contributed by atoms with Crippen molar-refractivity contribution in [1.82, 2.24) is 0 Å². The van der Waals surface area contributed by atoms with Crippen molar-refractivity contribution in [2.45, 2.75) is 39.7 Å². The summed E-state index contributed by atoms with van der Waals surface area (Å²) in [5.41, 5.74) is 3.13. The van der Waals surface area contributed by atoms with Gasteiger partial charge in [0.25, 0.3) is 8.32 Å². The van der Waals surface area contributed by atoms with Gasteiger partial charge in [0.1, 0.15) is 0 Å². The molecule has 0 radical (unpaired) electrons. The SMILES string of the molecule is CCC(C)[Si](OC)(c1ccc(C)cc1)c1ccc(C)cc1. The van der Waals surface area contributed by atoms with Crippen LogP contribution in [-0.2, 0) is 4.43 Å². The molecule has 2 heteroatoms. The molecule has 0 heterocycles. The molecule has 112 valence electrons. The highest BCUT2D eigenvalue weighted by Crippen LogP contribution is 2.25. The van der Waals surface area contributed by atoms with E-state index in [9.17, 15) is 0 Å². The van der Waals surface area contributed by atoms with Gasteiger partial charge in [0, 0.05) is 7.11 Å². The van der Waals surface area contributed by atoms with E-state index in [-0.39, 0.29) is 0 Å². The third-order valence-electron chi connectivity index (χ3n) is 4.59. The number of benzene rings is 2. The minimum absolute atomic E-state index is 0.535. The van der Waals surface area contributed by atoms with Gasteiger partial charge in [-0.25, -0.2) is 0 Å². The van der Waals surface area contributed by atoms with Gasteiger partial charge in [-0.1, -0.05) is 79.9 Å². The summed E-state index contributed by atoms with van der Waals surface area (Å²) >= 11 is 0. The summed E-state index contributed by atoms with van der Waals surface area (Å²) in [6.07, 6.45) is 1.13. The van der Waals surface area contributed by atoms with Crippen molar-refractivity contribution in [3.05, 3.63) is 59.7 Å². The minimum Gasteiger partial charge on any atom is -0.411 e. The minimum atomic E-state index is -2.17. The third kappa shape index (κ3) is 2.97. The van der Waals surface area contributed by atoms with Gasteiger partial charge >= 0.3 is 0 Å². The van der Waals surface area contributed by atoms with Crippen LogP contribution in [0, 0.1) is 13.8 Å². The first-order valence-corrected chi connectivity index (χ1v) is 9.72. The Morgan fingerprint density at radius 1 is 0.857 bits per heavy atom. The van der Waals surface area contributed by atoms with E-state index in [4.69, 9.17) is 4.43 Å². The summed E-state index contributed by atoms with van der Waals surface area (Å²) in [5, 5.41) is 2.74. The van der Waals surface area contributed by atoms with Gasteiger partial charge in [-0.3, -0.25) is 0 Å². The molecule has 2 aromatic rings. The normalized spacial score (nSPS) is 13.2. The van der Waals surface area contributed by atoms with Crippen molar-refractivity contribution in [1.29, 1.82) is 0 Å². The molecule has 2 rings (SSSR count). The standard InChI is InChI=1S/C19H26OSi/c1-6-17(4)21(20-5,18-11-7-15(2)8-12-18)19-13-9-16(3)10-14-19/h7-14,17H,6H2,1-5H3. The summed E-state index contributed by atoms with van der Waals surface area (Å²) in [4.78, 5) is 0. The van der Waals surface area contributed by atoms with E-state index in [2.05, 4.69) is 76.2 Å². The molecule has 0 amide bonds. The van der Waals surface area contributed by atoms with Gasteiger partial charge < -0.3 is 4.43 Å². The molecule has 0 aliphatic heterocycles. The average Bonchev–Trinajstić information content (AvgIpc) is 2.51. The van der Waals surface area contributed by atoms with E-state index in [1.165, 1.54) is 21.5 Å². The van der Waals surface area contributed by atoms with Crippen molar-refractivity contribution in [2.75, 3.05) is 7.11 Å². The van der Waals surface area contributed by atoms with Crippen molar-refractivity contribution in [2.24, 2.45) is 0 Å². The van der Waals surface area contributed by atoms with Crippen LogP contribution in [0.15, 0.2) is 48.5 Å². The Hall–Kier alpha value is -1.38. The first-order chi connectivity index (χ1) is 10.0. The van der Waals surface area contributed by atoms with Crippen LogP contribution in [0.1, 0.15) is 31.4 Å². The van der Waals surface area contributed by atoms with Gasteiger partial charge in [-0.2, -0.15) is 0 Å². The molecule has 21 heavy (non-hydrogen) atoms. The second kappa shape index (κ2) is 6.59. The Kier molecular flexibility index (Phi) is 5.02. The van der Waals surface area contributed by atoms with Crippen molar-refractivity contribution >= 4 is 18.7 Å². The van der Waals surface area contributed by atoms with Crippen molar-refractivity contribution in [3.8, 4) is 0 Å². The van der Waals surface area contributed by atoms with Crippen LogP contribution in [0.25, 0.3) is 0 Å². The molecular weight excluding hydrogens is 272 g/mol. The molecule has 1 unspecified atom stereocenters. The Labute approximate surface area is 130 Å². The molecule has 2 aromatic carbocycles. The molecule has 0 bridgehead atoms. The van der Waals surface area contributed by atoms with E-state index in [1.54, 1.807) is 0 Å². The largest absolute Gasteiger partial charge is 0.411 e. The molecule has 0 saturated carbocycles. The van der Waals surface area contributed by atoms with Gasteiger partial charge in [-0.05, 0) is 29.8 Å². The fourth-order valence-electron chi connectivity index (χ4n) is 3.06. The zero-order valence-electron chi connectivity index (χ0n) is 13.8. The topological polar surface area (TPSA) is 9.23 Å². The summed E-state index contributed by atoms with van der Waals surface area (Å²) in [6, 6.07) is 17.8. The lowest BCUT2D eigenvalue weighted by molar-refractivity contribution is 0.402. The van der Waals surface area contributed by atoms with Crippen LogP contribution in [0.3, 0.4) is 0 Å². The van der Waals surface area contributed by atoms with E-state index in [1.807, 2.05) is 7.11 Å². The van der Waals surface area contributed by atoms with Gasteiger partial charge in [0.05, 0.1) is 0 Å². The van der Waals surface area contributed by atoms with Gasteiger partial charge in [-0.15, -0.1) is 0 Å². The number of hydrogen-bond acceptors (Lipinski definition) is 1. The van der Waals surface area contributed by atoms with Crippen LogP contribution in [-0.4, -0.2) is 15.4 Å². The predicted octanol–water partition coefficient (Wildman–Crippen LogP) is 3.81. The number of rotatable bonds is 5. The maximum Gasteiger partial charge on any atom is 0.258 e. The van der Waals surface area contributed by atoms with Crippen LogP contribution >= 0.6 is 0 Å². The molecule has 0 saturated heterocycles. The van der Waals surface area contributed by atoms with Crippen LogP contribution in [0.2, 0.25) is 5.54 Å². The van der Waals surface area contributed by atoms with E-state index >= 15 is 0 Å². The predicted molar refractivity (Wildman–Crippen MR) is 94.1 cm³/mol. The van der Waals surface area contributed by atoms with E-state index in [0.717, 1.165) is 6.42 Å². The zero-order valence-corrected chi connectivity index (χ0v) is 14.8. The highest BCUT2D eigenvalue weighted by molar-refractivity contribution is 6.98. The zero-order chi connectivity index (χ0) is 15.5. The molecule has 0 aromatic heterocycles. The summed E-state index contributed by atoms with van der Waals surface area (Å²) in [5.74, 6) is 0. The fraction of sp³-hybridized carbons (Fsp3) is 0.368. The molecule has 0 N–H and O–H groups in total. The maximum absolute atomic E-state index is 6.28. The fourth-order valence-corrected chi connectivity index (χ4v) is 7.31. The smallest absolute Gasteiger partial charge is 0.258 e. The Bertz CT molecular complexity index is 526. The van der Waals surface area contributed by atoms with Crippen molar-refractivity contribution < 1.29 is 4.43 Å². The molecule has 1 atom stereocenters. The van der Waals surface area contributed by atoms with Gasteiger partial charge in [0.15, 0.2) is 0 Å². The van der Waals surface area contributed by atoms with Crippen molar-refractivity contribution in [3.63, 3.8) is 0 Å². The average molecular weight is 299 g/mol. The number of aryl methyl sites for hydroxylation is 2. The summed E-state index contributed by atoms with van der Waals surface area (Å²) in [6.45, 7) is 8.85. The second-order valence-electron chi connectivity index (χ2n) is 5.98. The Morgan fingerprint density at radius 2 is 1.24 bits per heavy atom. The molecule has 0 aliphatic carbocycles. The maximum atomic E-state index is 6.28. The monoisotopic (exact) mass is 298 g/mol. The molecule has 0 aliphatic rings. The molecule has 0 fully saturated rings. The highest BCUT2D eigenvalue weighted by atomic mass is 28.4. The first-order valence-electron chi connectivity index (χ1n) is 7.74. The first kappa shape index (κ1) is 16.0. The Morgan fingerprint density at radius 3 is 1.52 bits per heavy atom. The Balaban J connectivity index is 2.62. The summed E-state index contributed by atoms with van der Waals surface area (Å²) < 4.78 is 6.28. The van der Waals surface area contributed by atoms with E-state index in [0.29, 0.717) is 5.54 Å². The highest BCUT2D eigenvalue weighted by Gasteiger charge is 2.43. The molecular formula is C19H26OSi. The summed E-state index contributed by atoms with van der Waals surface area (Å²) in [7, 11) is -0.284. The lowest BCUT2D eigenvalue weighted by Gasteiger charge is -2.36. The van der Waals surface area contributed by atoms with Gasteiger partial charge in [0.2, 0.25) is 0 Å². The lowest BCUT2D eigenvalue weighted by atomic mass is 10.2. The van der Waals surface area contributed by atoms with Crippen LogP contribution in [0.4, 0.5) is 0 Å². The molecule has 0 spiro atoms. The lowest BCUT2D eigenvalue weighted by Crippen LogP contribution is -2.62. The third-order valence-corrected chi connectivity index (χ3v) is 9.41. The van der Waals surface area contributed by atoms with E-state index < -0.39 is 8.32 Å². The molecule has 1 nitrogen and oxygen atoms in total. The van der Waals surface area contributed by atoms with Crippen LogP contribution in [0.5, 0.6) is 0 Å². The van der Waals surface area contributed by atoms with Crippen LogP contribution < -0.4 is 10.4 Å². The number of hydrogen-bond donors (Lipinski definition) is 0. The quantitative estimate of drug-likeness (QED) is 0.763. The second-order valence-corrected chi connectivity index (χ2v) is 10.0.